The van der Waals surface area contributed by atoms with E-state index in [9.17, 15) is 14.3 Å². The monoisotopic (exact) mass is 444 g/mol. The molecule has 1 unspecified atom stereocenters. The molecule has 3 N–H and O–H groups in total. The lowest BCUT2D eigenvalue weighted by Crippen LogP contribution is -2.51. The van der Waals surface area contributed by atoms with Crippen molar-refractivity contribution in [3.8, 4) is 23.7 Å². The highest BCUT2D eigenvalue weighted by Crippen LogP contribution is 2.46. The molecule has 0 aromatic carbocycles. The number of rotatable bonds is 4. The van der Waals surface area contributed by atoms with Crippen molar-refractivity contribution < 1.29 is 14.3 Å². The molecule has 166 valence electrons. The zero-order valence-corrected chi connectivity index (χ0v) is 17.6. The molecule has 0 saturated heterocycles. The summed E-state index contributed by atoms with van der Waals surface area (Å²) in [6.45, 7) is 0. The number of pyridine rings is 1. The van der Waals surface area contributed by atoms with Crippen LogP contribution >= 0.6 is 0 Å². The normalized spacial score (nSPS) is 24.2. The van der Waals surface area contributed by atoms with Gasteiger partial charge in [0.2, 0.25) is 0 Å². The van der Waals surface area contributed by atoms with E-state index in [1.807, 2.05) is 6.07 Å². The van der Waals surface area contributed by atoms with Gasteiger partial charge >= 0.3 is 5.97 Å². The fourth-order valence-corrected chi connectivity index (χ4v) is 5.66. The lowest BCUT2D eigenvalue weighted by molar-refractivity contribution is -0.148. The second-order valence-corrected chi connectivity index (χ2v) is 8.91. The van der Waals surface area contributed by atoms with E-state index in [0.717, 1.165) is 31.9 Å². The first-order chi connectivity index (χ1) is 16.0. The van der Waals surface area contributed by atoms with E-state index >= 15 is 0 Å². The van der Waals surface area contributed by atoms with Gasteiger partial charge in [0.05, 0.1) is 12.1 Å². The van der Waals surface area contributed by atoms with Crippen LogP contribution in [0.2, 0.25) is 0 Å². The van der Waals surface area contributed by atoms with Crippen molar-refractivity contribution >= 4 is 28.3 Å². The molecule has 8 nitrogen and oxygen atoms in total. The SMILES string of the molecule is C#Cc1ccc2c(NC3C4CCC(CC4)[C@@H]3C(=O)O)nc(-c3c[nH]c4ncc(F)cc34)nn12. The number of nitrogens with zero attached hydrogens (tertiary/aromatic N) is 4. The minimum atomic E-state index is -0.773. The summed E-state index contributed by atoms with van der Waals surface area (Å²) in [7, 11) is 0. The van der Waals surface area contributed by atoms with E-state index < -0.39 is 17.7 Å². The highest BCUT2D eigenvalue weighted by atomic mass is 19.1. The predicted molar refractivity (Wildman–Crippen MR) is 120 cm³/mol. The van der Waals surface area contributed by atoms with Gasteiger partial charge in [-0.3, -0.25) is 4.79 Å². The second-order valence-electron chi connectivity index (χ2n) is 8.91. The van der Waals surface area contributed by atoms with Crippen LogP contribution in [0.1, 0.15) is 31.4 Å². The Morgan fingerprint density at radius 2 is 2.06 bits per heavy atom. The van der Waals surface area contributed by atoms with Crippen LogP contribution in [0.5, 0.6) is 0 Å². The molecule has 3 saturated carbocycles. The minimum Gasteiger partial charge on any atom is -0.481 e. The zero-order valence-electron chi connectivity index (χ0n) is 17.6. The molecule has 4 aromatic rings. The number of carboxylic acids is 1. The molecule has 0 spiro atoms. The van der Waals surface area contributed by atoms with Gasteiger partial charge in [-0.2, -0.15) is 0 Å². The van der Waals surface area contributed by atoms with Gasteiger partial charge in [-0.05, 0) is 55.7 Å². The van der Waals surface area contributed by atoms with Crippen molar-refractivity contribution in [2.24, 2.45) is 17.8 Å². The van der Waals surface area contributed by atoms with Crippen molar-refractivity contribution in [3.63, 3.8) is 0 Å². The highest BCUT2D eigenvalue weighted by Gasteiger charge is 2.47. The van der Waals surface area contributed by atoms with Crippen LogP contribution in [-0.4, -0.2) is 41.7 Å². The van der Waals surface area contributed by atoms with Gasteiger partial charge in [0.25, 0.3) is 0 Å². The third-order valence-corrected chi connectivity index (χ3v) is 7.20. The van der Waals surface area contributed by atoms with Crippen molar-refractivity contribution in [2.75, 3.05) is 5.32 Å². The minimum absolute atomic E-state index is 0.165. The van der Waals surface area contributed by atoms with Crippen LogP contribution in [0.15, 0.2) is 30.6 Å². The first kappa shape index (κ1) is 19.7. The quantitative estimate of drug-likeness (QED) is 0.414. The fourth-order valence-electron chi connectivity index (χ4n) is 5.66. The summed E-state index contributed by atoms with van der Waals surface area (Å²) in [4.78, 5) is 24.0. The van der Waals surface area contributed by atoms with Gasteiger partial charge in [-0.1, -0.05) is 5.92 Å². The Balaban J connectivity index is 1.50. The van der Waals surface area contributed by atoms with Crippen molar-refractivity contribution in [3.05, 3.63) is 42.1 Å². The highest BCUT2D eigenvalue weighted by molar-refractivity contribution is 5.92. The largest absolute Gasteiger partial charge is 0.481 e. The maximum absolute atomic E-state index is 13.9. The average Bonchev–Trinajstić information content (AvgIpc) is 3.43. The van der Waals surface area contributed by atoms with Gasteiger partial charge in [-0.15, -0.1) is 11.5 Å². The fraction of sp³-hybridized carbons (Fsp3) is 0.333. The number of halogens is 1. The number of terminal acetylenes is 1. The number of anilines is 1. The number of fused-ring (bicyclic) bond motifs is 5. The third kappa shape index (κ3) is 3.05. The van der Waals surface area contributed by atoms with Crippen LogP contribution < -0.4 is 5.32 Å². The Hall–Kier alpha value is -3.93. The summed E-state index contributed by atoms with van der Waals surface area (Å²) in [5.74, 6) is 2.21. The smallest absolute Gasteiger partial charge is 0.308 e. The number of nitrogens with one attached hydrogen (secondary N) is 2. The summed E-state index contributed by atoms with van der Waals surface area (Å²) in [6.07, 6.45) is 12.4. The molecule has 4 aromatic heterocycles. The molecule has 0 amide bonds. The number of hydrogen-bond acceptors (Lipinski definition) is 5. The molecule has 3 aliphatic carbocycles. The van der Waals surface area contributed by atoms with E-state index in [1.54, 1.807) is 16.8 Å². The Bertz CT molecular complexity index is 1440. The zero-order chi connectivity index (χ0) is 22.7. The van der Waals surface area contributed by atoms with Crippen LogP contribution in [0, 0.1) is 35.9 Å². The first-order valence-corrected chi connectivity index (χ1v) is 11.0. The molecule has 2 atom stereocenters. The van der Waals surface area contributed by atoms with Crippen molar-refractivity contribution in [1.82, 2.24) is 24.6 Å². The Morgan fingerprint density at radius 1 is 1.27 bits per heavy atom. The summed E-state index contributed by atoms with van der Waals surface area (Å²) < 4.78 is 15.5. The number of carbonyl (C=O) groups is 1. The van der Waals surface area contributed by atoms with Gasteiger partial charge in [-0.25, -0.2) is 18.9 Å². The molecule has 0 aliphatic heterocycles. The Kier molecular flexibility index (Phi) is 4.37. The van der Waals surface area contributed by atoms with Crippen molar-refractivity contribution in [2.45, 2.75) is 31.7 Å². The number of hydrogen-bond donors (Lipinski definition) is 3. The van der Waals surface area contributed by atoms with Crippen LogP contribution in [0.25, 0.3) is 27.9 Å². The number of aromatic nitrogens is 5. The van der Waals surface area contributed by atoms with Crippen LogP contribution in [0.4, 0.5) is 10.2 Å². The van der Waals surface area contributed by atoms with Gasteiger partial charge in [0, 0.05) is 23.2 Å². The van der Waals surface area contributed by atoms with E-state index in [1.165, 1.54) is 6.07 Å². The lowest BCUT2D eigenvalue weighted by atomic mass is 9.61. The predicted octanol–water partition coefficient (Wildman–Crippen LogP) is 3.69. The lowest BCUT2D eigenvalue weighted by Gasteiger charge is -2.47. The first-order valence-electron chi connectivity index (χ1n) is 11.0. The van der Waals surface area contributed by atoms with Gasteiger partial charge in [0.15, 0.2) is 11.6 Å². The molecule has 3 fully saturated rings. The molecule has 4 heterocycles. The molecular formula is C24H21FN6O2. The van der Waals surface area contributed by atoms with Crippen molar-refractivity contribution in [1.29, 1.82) is 0 Å². The number of H-pyrrole nitrogens is 1. The molecular weight excluding hydrogens is 423 g/mol. The van der Waals surface area contributed by atoms with E-state index in [4.69, 9.17) is 11.4 Å². The maximum Gasteiger partial charge on any atom is 0.308 e. The Morgan fingerprint density at radius 3 is 2.82 bits per heavy atom. The number of aliphatic carboxylic acids is 1. The molecule has 3 aliphatic rings. The number of aromatic amines is 1. The van der Waals surface area contributed by atoms with E-state index in [2.05, 4.69) is 26.3 Å². The molecule has 7 rings (SSSR count). The Labute approximate surface area is 188 Å². The molecule has 33 heavy (non-hydrogen) atoms. The standard InChI is InChI=1S/C24H21FN6O2/c1-2-15-7-8-18-23(28-20-13-5-3-12(4-6-13)19(20)24(32)33)29-22(30-31(15)18)17-11-27-21-16(17)9-14(25)10-26-21/h1,7-13,19-20H,3-6H2,(H,26,27)(H,32,33)(H,28,29,30)/t12?,13?,19-,20?/m0/s1. The number of carboxylic acid groups (broad SMARTS) is 1. The molecule has 2 bridgehead atoms. The summed E-state index contributed by atoms with van der Waals surface area (Å²) in [5.41, 5.74) is 2.31. The van der Waals surface area contributed by atoms with Crippen LogP contribution in [-0.2, 0) is 4.79 Å². The summed E-state index contributed by atoms with van der Waals surface area (Å²) >= 11 is 0. The second kappa shape index (κ2) is 7.30. The third-order valence-electron chi connectivity index (χ3n) is 7.20. The summed E-state index contributed by atoms with van der Waals surface area (Å²) in [6, 6.07) is 4.76. The average molecular weight is 444 g/mol. The summed E-state index contributed by atoms with van der Waals surface area (Å²) in [5, 5.41) is 18.6. The maximum atomic E-state index is 13.9. The van der Waals surface area contributed by atoms with Crippen LogP contribution in [0.3, 0.4) is 0 Å². The molecule has 0 radical (unpaired) electrons. The van der Waals surface area contributed by atoms with E-state index in [-0.39, 0.29) is 17.9 Å². The topological polar surface area (TPSA) is 108 Å². The van der Waals surface area contributed by atoms with E-state index in [0.29, 0.717) is 39.4 Å². The van der Waals surface area contributed by atoms with Gasteiger partial charge < -0.3 is 15.4 Å². The molecule has 9 heteroatoms. The van der Waals surface area contributed by atoms with Gasteiger partial charge in [0.1, 0.15) is 22.7 Å².